The lowest BCUT2D eigenvalue weighted by Gasteiger charge is -2.09. The highest BCUT2D eigenvalue weighted by molar-refractivity contribution is 6.02. The maximum absolute atomic E-state index is 13.7. The minimum absolute atomic E-state index is 0.0388. The normalized spacial score (nSPS) is 10.9. The van der Waals surface area contributed by atoms with E-state index in [1.165, 1.54) is 12.1 Å². The van der Waals surface area contributed by atoms with E-state index >= 15 is 0 Å². The molecular formula is C21H16F5NO3. The molecule has 0 spiro atoms. The molecule has 4 nitrogen and oxygen atoms in total. The topological polar surface area (TPSA) is 51.5 Å². The zero-order chi connectivity index (χ0) is 21.8. The van der Waals surface area contributed by atoms with E-state index in [9.17, 15) is 26.7 Å². The largest absolute Gasteiger partial charge is 0.486 e. The minimum atomic E-state index is -2.32. The molecule has 3 rings (SSSR count). The van der Waals surface area contributed by atoms with Crippen molar-refractivity contribution in [2.24, 2.45) is 0 Å². The van der Waals surface area contributed by atoms with Crippen molar-refractivity contribution < 1.29 is 35.9 Å². The average molecular weight is 425 g/mol. The van der Waals surface area contributed by atoms with Crippen LogP contribution in [0.1, 0.15) is 35.2 Å². The van der Waals surface area contributed by atoms with Crippen LogP contribution in [0.3, 0.4) is 0 Å². The highest BCUT2D eigenvalue weighted by atomic mass is 19.2. The molecular weight excluding hydrogens is 409 g/mol. The van der Waals surface area contributed by atoms with Gasteiger partial charge in [0.2, 0.25) is 5.82 Å². The first-order valence-corrected chi connectivity index (χ1v) is 8.95. The van der Waals surface area contributed by atoms with Crippen LogP contribution in [0.4, 0.5) is 27.6 Å². The lowest BCUT2D eigenvalue weighted by Crippen LogP contribution is -2.16. The molecule has 0 aliphatic rings. The Labute approximate surface area is 168 Å². The van der Waals surface area contributed by atoms with E-state index in [0.29, 0.717) is 5.75 Å². The quantitative estimate of drug-likeness (QED) is 0.298. The van der Waals surface area contributed by atoms with E-state index in [1.807, 2.05) is 12.1 Å². The molecule has 1 heterocycles. The average Bonchev–Trinajstić information content (AvgIpc) is 3.23. The van der Waals surface area contributed by atoms with Crippen molar-refractivity contribution in [1.29, 1.82) is 0 Å². The highest BCUT2D eigenvalue weighted by Crippen LogP contribution is 2.27. The van der Waals surface area contributed by atoms with Crippen molar-refractivity contribution in [3.8, 4) is 5.75 Å². The predicted octanol–water partition coefficient (Wildman–Crippen LogP) is 5.76. The van der Waals surface area contributed by atoms with Gasteiger partial charge < -0.3 is 14.5 Å². The van der Waals surface area contributed by atoms with E-state index in [2.05, 4.69) is 6.92 Å². The van der Waals surface area contributed by atoms with E-state index in [4.69, 9.17) is 9.15 Å². The number of furan rings is 1. The summed E-state index contributed by atoms with van der Waals surface area (Å²) in [6.45, 7) is 2.03. The number of aryl methyl sites for hydroxylation is 1. The Bertz CT molecular complexity index is 1030. The van der Waals surface area contributed by atoms with Crippen LogP contribution in [-0.2, 0) is 13.0 Å². The van der Waals surface area contributed by atoms with Gasteiger partial charge in [0.1, 0.15) is 23.8 Å². The van der Waals surface area contributed by atoms with Crippen LogP contribution in [0, 0.1) is 29.1 Å². The summed E-state index contributed by atoms with van der Waals surface area (Å²) in [6.07, 6.45) is 1.96. The predicted molar refractivity (Wildman–Crippen MR) is 97.7 cm³/mol. The van der Waals surface area contributed by atoms with Gasteiger partial charge in [-0.15, -0.1) is 0 Å². The molecule has 0 radical (unpaired) electrons. The van der Waals surface area contributed by atoms with Crippen LogP contribution >= 0.6 is 0 Å². The number of nitrogens with one attached hydrogen (secondary N) is 1. The summed E-state index contributed by atoms with van der Waals surface area (Å²) in [5, 5.41) is 1.64. The fourth-order valence-electron chi connectivity index (χ4n) is 2.66. The van der Waals surface area contributed by atoms with Gasteiger partial charge >= 0.3 is 0 Å². The molecule has 0 unspecified atom stereocenters. The third kappa shape index (κ3) is 4.45. The summed E-state index contributed by atoms with van der Waals surface area (Å²) in [5.74, 6) is -11.7. The molecule has 3 aromatic rings. The molecule has 1 aromatic heterocycles. The second kappa shape index (κ2) is 8.98. The van der Waals surface area contributed by atoms with Gasteiger partial charge in [-0.1, -0.05) is 25.5 Å². The smallest absolute Gasteiger partial charge is 0.291 e. The van der Waals surface area contributed by atoms with Crippen LogP contribution in [0.15, 0.2) is 40.8 Å². The van der Waals surface area contributed by atoms with Gasteiger partial charge in [-0.2, -0.15) is 0 Å². The summed E-state index contributed by atoms with van der Waals surface area (Å²) < 4.78 is 77.7. The van der Waals surface area contributed by atoms with E-state index in [0.717, 1.165) is 18.4 Å². The Morgan fingerprint density at radius 2 is 1.50 bits per heavy atom. The molecule has 2 aromatic carbocycles. The van der Waals surface area contributed by atoms with Crippen LogP contribution < -0.4 is 10.1 Å². The summed E-state index contributed by atoms with van der Waals surface area (Å²) in [4.78, 5) is 12.1. The van der Waals surface area contributed by atoms with Crippen molar-refractivity contribution in [2.75, 3.05) is 5.32 Å². The number of rotatable bonds is 7. The molecule has 0 fully saturated rings. The van der Waals surface area contributed by atoms with Crippen molar-refractivity contribution in [3.63, 3.8) is 0 Å². The number of hydrogen-bond donors (Lipinski definition) is 1. The molecule has 30 heavy (non-hydrogen) atoms. The monoisotopic (exact) mass is 425 g/mol. The minimum Gasteiger partial charge on any atom is -0.486 e. The Balaban J connectivity index is 1.67. The van der Waals surface area contributed by atoms with Crippen LogP contribution in [0.5, 0.6) is 5.75 Å². The van der Waals surface area contributed by atoms with Gasteiger partial charge in [-0.05, 0) is 36.2 Å². The Morgan fingerprint density at radius 1 is 0.900 bits per heavy atom. The molecule has 1 N–H and O–H groups in total. The zero-order valence-electron chi connectivity index (χ0n) is 15.7. The third-order valence-electron chi connectivity index (χ3n) is 4.18. The van der Waals surface area contributed by atoms with Crippen molar-refractivity contribution in [2.45, 2.75) is 26.4 Å². The molecule has 1 amide bonds. The summed E-state index contributed by atoms with van der Waals surface area (Å²) >= 11 is 0. The Morgan fingerprint density at radius 3 is 2.10 bits per heavy atom. The fourth-order valence-corrected chi connectivity index (χ4v) is 2.66. The number of anilines is 1. The number of carbonyl (C=O) groups is 1. The number of amides is 1. The molecule has 158 valence electrons. The SMILES string of the molecule is CCCc1ccc(OCc2ccc(C(=O)Nc3c(F)c(F)c(F)c(F)c3F)o2)cc1. The summed E-state index contributed by atoms with van der Waals surface area (Å²) in [6, 6.07) is 9.98. The molecule has 0 saturated heterocycles. The van der Waals surface area contributed by atoms with Gasteiger partial charge in [0.15, 0.2) is 29.0 Å². The maximum Gasteiger partial charge on any atom is 0.291 e. The number of halogens is 5. The fraction of sp³-hybridized carbons (Fsp3) is 0.190. The van der Waals surface area contributed by atoms with Crippen LogP contribution in [-0.4, -0.2) is 5.91 Å². The van der Waals surface area contributed by atoms with Gasteiger partial charge in [-0.25, -0.2) is 22.0 Å². The van der Waals surface area contributed by atoms with E-state index < -0.39 is 46.4 Å². The van der Waals surface area contributed by atoms with Crippen molar-refractivity contribution in [3.05, 3.63) is 82.6 Å². The van der Waals surface area contributed by atoms with E-state index in [1.54, 1.807) is 17.4 Å². The number of ether oxygens (including phenoxy) is 1. The van der Waals surface area contributed by atoms with Crippen LogP contribution in [0.2, 0.25) is 0 Å². The number of carbonyl (C=O) groups excluding carboxylic acids is 1. The van der Waals surface area contributed by atoms with Crippen molar-refractivity contribution in [1.82, 2.24) is 0 Å². The molecule has 0 aliphatic heterocycles. The van der Waals surface area contributed by atoms with Crippen LogP contribution in [0.25, 0.3) is 0 Å². The van der Waals surface area contributed by atoms with Gasteiger partial charge in [-0.3, -0.25) is 4.79 Å². The number of hydrogen-bond acceptors (Lipinski definition) is 3. The maximum atomic E-state index is 13.7. The Hall–Kier alpha value is -3.36. The van der Waals surface area contributed by atoms with Gasteiger partial charge in [0.05, 0.1) is 0 Å². The second-order valence-corrected chi connectivity index (χ2v) is 6.35. The van der Waals surface area contributed by atoms with Gasteiger partial charge in [0.25, 0.3) is 5.91 Å². The first kappa shape index (κ1) is 21.4. The number of benzene rings is 2. The molecule has 0 atom stereocenters. The van der Waals surface area contributed by atoms with E-state index in [-0.39, 0.29) is 12.4 Å². The second-order valence-electron chi connectivity index (χ2n) is 6.35. The summed E-state index contributed by atoms with van der Waals surface area (Å²) in [7, 11) is 0. The highest BCUT2D eigenvalue weighted by Gasteiger charge is 2.27. The summed E-state index contributed by atoms with van der Waals surface area (Å²) in [5.41, 5.74) is -0.298. The molecule has 9 heteroatoms. The standard InChI is InChI=1S/C21H16F5NO3/c1-2-3-11-4-6-12(7-5-11)29-10-13-8-9-14(30-13)21(28)27-20-18(25)16(23)15(22)17(24)19(20)26/h4-9H,2-3,10H2,1H3,(H,27,28). The third-order valence-corrected chi connectivity index (χ3v) is 4.18. The molecule has 0 bridgehead atoms. The lowest BCUT2D eigenvalue weighted by molar-refractivity contribution is 0.0991. The van der Waals surface area contributed by atoms with Gasteiger partial charge in [0, 0.05) is 0 Å². The zero-order valence-corrected chi connectivity index (χ0v) is 15.7. The first-order valence-electron chi connectivity index (χ1n) is 8.95. The van der Waals surface area contributed by atoms with Crippen molar-refractivity contribution >= 4 is 11.6 Å². The molecule has 0 saturated carbocycles. The lowest BCUT2D eigenvalue weighted by atomic mass is 10.1. The molecule has 0 aliphatic carbocycles. The Kier molecular flexibility index (Phi) is 6.39. The first-order chi connectivity index (χ1) is 14.3.